The zero-order valence-electron chi connectivity index (χ0n) is 11.1. The molecule has 4 nitrogen and oxygen atoms in total. The molecule has 1 rings (SSSR count). The van der Waals surface area contributed by atoms with Crippen molar-refractivity contribution in [3.63, 3.8) is 0 Å². The monoisotopic (exact) mass is 239 g/mol. The van der Waals surface area contributed by atoms with Gasteiger partial charge in [-0.15, -0.1) is 6.58 Å². The minimum Gasteiger partial charge on any atom is -0.343 e. The Bertz CT molecular complexity index is 267. The third-order valence-electron chi connectivity index (χ3n) is 3.50. The SMILES string of the molecule is C=CCC(N)C(=O)N(C)CC1CCCN1CC. The van der Waals surface area contributed by atoms with Crippen LogP contribution >= 0.6 is 0 Å². The predicted octanol–water partition coefficient (Wildman–Crippen LogP) is 0.833. The summed E-state index contributed by atoms with van der Waals surface area (Å²) in [7, 11) is 1.84. The fraction of sp³-hybridized carbons (Fsp3) is 0.769. The quantitative estimate of drug-likeness (QED) is 0.699. The second-order valence-corrected chi connectivity index (χ2v) is 4.77. The van der Waals surface area contributed by atoms with Gasteiger partial charge in [0.25, 0.3) is 0 Å². The largest absolute Gasteiger partial charge is 0.343 e. The number of carbonyl (C=O) groups is 1. The Morgan fingerprint density at radius 2 is 2.41 bits per heavy atom. The third-order valence-corrected chi connectivity index (χ3v) is 3.50. The fourth-order valence-electron chi connectivity index (χ4n) is 2.49. The first-order valence-corrected chi connectivity index (χ1v) is 6.45. The fourth-order valence-corrected chi connectivity index (χ4v) is 2.49. The van der Waals surface area contributed by atoms with Crippen LogP contribution in [0.3, 0.4) is 0 Å². The van der Waals surface area contributed by atoms with E-state index in [1.807, 2.05) is 7.05 Å². The highest BCUT2D eigenvalue weighted by Gasteiger charge is 2.26. The second kappa shape index (κ2) is 6.77. The Kier molecular flexibility index (Phi) is 5.65. The van der Waals surface area contributed by atoms with E-state index in [4.69, 9.17) is 5.73 Å². The minimum absolute atomic E-state index is 0.0212. The summed E-state index contributed by atoms with van der Waals surface area (Å²) >= 11 is 0. The molecule has 1 amide bonds. The van der Waals surface area contributed by atoms with Gasteiger partial charge in [0, 0.05) is 19.6 Å². The maximum Gasteiger partial charge on any atom is 0.239 e. The van der Waals surface area contributed by atoms with Gasteiger partial charge in [-0.3, -0.25) is 9.69 Å². The van der Waals surface area contributed by atoms with Gasteiger partial charge in [0.05, 0.1) is 6.04 Å². The zero-order chi connectivity index (χ0) is 12.8. The van der Waals surface area contributed by atoms with Gasteiger partial charge in [-0.25, -0.2) is 0 Å². The third kappa shape index (κ3) is 3.82. The lowest BCUT2D eigenvalue weighted by Gasteiger charge is -2.29. The summed E-state index contributed by atoms with van der Waals surface area (Å²) < 4.78 is 0. The van der Waals surface area contributed by atoms with Crippen molar-refractivity contribution in [1.29, 1.82) is 0 Å². The molecule has 1 aliphatic heterocycles. The number of carbonyl (C=O) groups excluding carboxylic acids is 1. The highest BCUT2D eigenvalue weighted by Crippen LogP contribution is 2.17. The molecule has 1 heterocycles. The Balaban J connectivity index is 2.44. The smallest absolute Gasteiger partial charge is 0.239 e. The summed E-state index contributed by atoms with van der Waals surface area (Å²) in [5.41, 5.74) is 5.79. The predicted molar refractivity (Wildman–Crippen MR) is 70.7 cm³/mol. The summed E-state index contributed by atoms with van der Waals surface area (Å²) in [5, 5.41) is 0. The van der Waals surface area contributed by atoms with Crippen LogP contribution in [-0.4, -0.2) is 54.5 Å². The van der Waals surface area contributed by atoms with Crippen molar-refractivity contribution >= 4 is 5.91 Å². The number of rotatable bonds is 6. The molecule has 0 aromatic heterocycles. The molecular formula is C13H25N3O. The van der Waals surface area contributed by atoms with Crippen LogP contribution < -0.4 is 5.73 Å². The topological polar surface area (TPSA) is 49.6 Å². The van der Waals surface area contributed by atoms with Crippen molar-refractivity contribution < 1.29 is 4.79 Å². The number of hydrogen-bond donors (Lipinski definition) is 1. The molecule has 0 bridgehead atoms. The average molecular weight is 239 g/mol. The molecule has 0 aliphatic carbocycles. The van der Waals surface area contributed by atoms with E-state index < -0.39 is 6.04 Å². The Morgan fingerprint density at radius 3 is 3.00 bits per heavy atom. The number of likely N-dealkylation sites (N-methyl/N-ethyl adjacent to an activating group) is 2. The summed E-state index contributed by atoms with van der Waals surface area (Å²) in [4.78, 5) is 16.2. The van der Waals surface area contributed by atoms with Crippen LogP contribution in [0.1, 0.15) is 26.2 Å². The molecule has 4 heteroatoms. The summed E-state index contributed by atoms with van der Waals surface area (Å²) in [6.45, 7) is 8.79. The molecule has 1 saturated heterocycles. The van der Waals surface area contributed by atoms with Gasteiger partial charge >= 0.3 is 0 Å². The number of amides is 1. The maximum atomic E-state index is 12.0. The first kappa shape index (κ1) is 14.2. The van der Waals surface area contributed by atoms with E-state index in [1.165, 1.54) is 12.8 Å². The van der Waals surface area contributed by atoms with Gasteiger partial charge in [0.2, 0.25) is 5.91 Å². The zero-order valence-corrected chi connectivity index (χ0v) is 11.1. The van der Waals surface area contributed by atoms with E-state index in [1.54, 1.807) is 11.0 Å². The summed E-state index contributed by atoms with van der Waals surface area (Å²) in [5.74, 6) is 0.0212. The van der Waals surface area contributed by atoms with Crippen LogP contribution in [0.25, 0.3) is 0 Å². The minimum atomic E-state index is -0.436. The molecule has 98 valence electrons. The number of likely N-dealkylation sites (tertiary alicyclic amines) is 1. The van der Waals surface area contributed by atoms with E-state index in [0.717, 1.165) is 19.6 Å². The van der Waals surface area contributed by atoms with Gasteiger partial charge in [-0.05, 0) is 32.4 Å². The van der Waals surface area contributed by atoms with Crippen molar-refractivity contribution in [3.05, 3.63) is 12.7 Å². The molecule has 0 radical (unpaired) electrons. The number of nitrogens with two attached hydrogens (primary N) is 1. The van der Waals surface area contributed by atoms with Crippen molar-refractivity contribution in [3.8, 4) is 0 Å². The van der Waals surface area contributed by atoms with Crippen molar-refractivity contribution in [2.75, 3.05) is 26.7 Å². The molecule has 1 fully saturated rings. The molecule has 0 spiro atoms. The molecule has 2 N–H and O–H groups in total. The maximum absolute atomic E-state index is 12.0. The van der Waals surface area contributed by atoms with Crippen LogP contribution in [0, 0.1) is 0 Å². The Labute approximate surface area is 104 Å². The normalized spacial score (nSPS) is 22.4. The van der Waals surface area contributed by atoms with Crippen LogP contribution in [0.2, 0.25) is 0 Å². The van der Waals surface area contributed by atoms with Crippen LogP contribution in [0.5, 0.6) is 0 Å². The first-order chi connectivity index (χ1) is 8.10. The Hall–Kier alpha value is -0.870. The van der Waals surface area contributed by atoms with Gasteiger partial charge in [-0.2, -0.15) is 0 Å². The van der Waals surface area contributed by atoms with Crippen molar-refractivity contribution in [1.82, 2.24) is 9.80 Å². The highest BCUT2D eigenvalue weighted by atomic mass is 16.2. The summed E-state index contributed by atoms with van der Waals surface area (Å²) in [6, 6.07) is 0.0684. The summed E-state index contributed by atoms with van der Waals surface area (Å²) in [6.07, 6.45) is 4.66. The number of hydrogen-bond acceptors (Lipinski definition) is 3. The van der Waals surface area contributed by atoms with Crippen LogP contribution in [-0.2, 0) is 4.79 Å². The van der Waals surface area contributed by atoms with E-state index >= 15 is 0 Å². The lowest BCUT2D eigenvalue weighted by atomic mass is 10.1. The van der Waals surface area contributed by atoms with Crippen molar-refractivity contribution in [2.24, 2.45) is 5.73 Å². The van der Waals surface area contributed by atoms with E-state index in [0.29, 0.717) is 12.5 Å². The average Bonchev–Trinajstić information content (AvgIpc) is 2.75. The van der Waals surface area contributed by atoms with Gasteiger partial charge < -0.3 is 10.6 Å². The molecule has 17 heavy (non-hydrogen) atoms. The van der Waals surface area contributed by atoms with E-state index in [9.17, 15) is 4.79 Å². The van der Waals surface area contributed by atoms with Gasteiger partial charge in [0.15, 0.2) is 0 Å². The van der Waals surface area contributed by atoms with Gasteiger partial charge in [0.1, 0.15) is 0 Å². The molecule has 1 aliphatic rings. The van der Waals surface area contributed by atoms with E-state index in [2.05, 4.69) is 18.4 Å². The molecule has 2 atom stereocenters. The van der Waals surface area contributed by atoms with Gasteiger partial charge in [-0.1, -0.05) is 13.0 Å². The molecular weight excluding hydrogens is 214 g/mol. The first-order valence-electron chi connectivity index (χ1n) is 6.45. The number of nitrogens with zero attached hydrogens (tertiary/aromatic N) is 2. The lowest BCUT2D eigenvalue weighted by molar-refractivity contribution is -0.131. The Morgan fingerprint density at radius 1 is 1.71 bits per heavy atom. The van der Waals surface area contributed by atoms with Crippen LogP contribution in [0.15, 0.2) is 12.7 Å². The highest BCUT2D eigenvalue weighted by molar-refractivity contribution is 5.81. The molecule has 2 unspecified atom stereocenters. The standard InChI is InChI=1S/C13H25N3O/c1-4-7-12(14)13(17)15(3)10-11-8-6-9-16(11)5-2/h4,11-12H,1,5-10,14H2,2-3H3. The lowest BCUT2D eigenvalue weighted by Crippen LogP contribution is -2.47. The van der Waals surface area contributed by atoms with Crippen molar-refractivity contribution in [2.45, 2.75) is 38.3 Å². The van der Waals surface area contributed by atoms with E-state index in [-0.39, 0.29) is 5.91 Å². The molecule has 0 aromatic rings. The van der Waals surface area contributed by atoms with Crippen LogP contribution in [0.4, 0.5) is 0 Å². The molecule has 0 aromatic carbocycles. The molecule has 0 saturated carbocycles. The second-order valence-electron chi connectivity index (χ2n) is 4.77.